The average Bonchev–Trinajstić information content (AvgIpc) is 0.918. The molecule has 0 amide bonds. The van der Waals surface area contributed by atoms with E-state index in [9.17, 15) is 0 Å². The molecule has 0 aromatic carbocycles. The average molecular weight is 322 g/mol. The summed E-state index contributed by atoms with van der Waals surface area (Å²) in [5.41, 5.74) is 0. The molecule has 6 heavy (non-hydrogen) atoms. The Kier molecular flexibility index (Phi) is 109. The zero-order chi connectivity index (χ0) is 2.71. The van der Waals surface area contributed by atoms with E-state index in [0.717, 1.165) is 0 Å². The maximum Gasteiger partial charge on any atom is 1.00 e. The fraction of sp³-hybridized carbons (Fsp3) is 0. The van der Waals surface area contributed by atoms with Crippen molar-refractivity contribution >= 4 is 18.8 Å². The van der Waals surface area contributed by atoms with Crippen LogP contribution in [0.15, 0.2) is 0 Å². The molecule has 0 aliphatic carbocycles. The van der Waals surface area contributed by atoms with E-state index in [1.807, 2.05) is 0 Å². The van der Waals surface area contributed by atoms with Crippen LogP contribution in [-0.2, 0) is 16.5 Å². The van der Waals surface area contributed by atoms with E-state index in [0.29, 0.717) is 0 Å². The first-order valence-corrected chi connectivity index (χ1v) is 5.87. The Labute approximate surface area is 77.7 Å². The Hall–Kier alpha value is 2.19. The van der Waals surface area contributed by atoms with Crippen LogP contribution in [0.2, 0.25) is 0 Å². The first kappa shape index (κ1) is 24.1. The van der Waals surface area contributed by atoms with E-state index in [4.69, 9.17) is 18.8 Å². The second-order valence-corrected chi connectivity index (χ2v) is 3.33. The van der Waals surface area contributed by atoms with Crippen molar-refractivity contribution in [3.8, 4) is 0 Å². The molecule has 0 aromatic heterocycles. The molecule has 0 radical (unpaired) electrons. The van der Waals surface area contributed by atoms with Gasteiger partial charge in [0.05, 0.1) is 0 Å². The zero-order valence-electron chi connectivity index (χ0n) is 4.23. The van der Waals surface area contributed by atoms with Gasteiger partial charge in [-0.05, 0) is 0 Å². The van der Waals surface area contributed by atoms with Gasteiger partial charge in [-0.15, -0.1) is 0 Å². The van der Waals surface area contributed by atoms with Gasteiger partial charge in [0.15, 0.2) is 0 Å². The molecule has 0 spiro atoms. The monoisotopic (exact) mass is 321 g/mol. The molecule has 2 nitrogen and oxygen atoms in total. The fourth-order valence-corrected chi connectivity index (χ4v) is 0. The van der Waals surface area contributed by atoms with Crippen LogP contribution in [0.1, 0.15) is 1.43 Å². The van der Waals surface area contributed by atoms with Gasteiger partial charge in [0.1, 0.15) is 0 Å². The standard InChI is InChI=1S/2ClH.2H2N.Na.Pt.H/h2*1H;2*1H2;;;/q;;2*-1;+1;+4;-1/p-2. The largest absolute Gasteiger partial charge is 1.00 e. The summed E-state index contributed by atoms with van der Waals surface area (Å²) >= 11 is -0.472. The van der Waals surface area contributed by atoms with Gasteiger partial charge in [0, 0.05) is 0 Å². The van der Waals surface area contributed by atoms with Gasteiger partial charge >= 0.3 is 64.9 Å². The molecule has 0 rings (SSSR count). The minimum absolute atomic E-state index is 0. The van der Waals surface area contributed by atoms with Crippen molar-refractivity contribution in [2.45, 2.75) is 0 Å². The topological polar surface area (TPSA) is 67.0 Å². The van der Waals surface area contributed by atoms with E-state index >= 15 is 0 Å². The van der Waals surface area contributed by atoms with Crippen molar-refractivity contribution in [3.05, 3.63) is 12.3 Å². The Morgan fingerprint density at radius 2 is 1.17 bits per heavy atom. The van der Waals surface area contributed by atoms with Gasteiger partial charge in [-0.2, -0.15) is 0 Å². The molecular weight excluding hydrogens is 317 g/mol. The zero-order valence-corrected chi connectivity index (χ0v) is 9.01. The summed E-state index contributed by atoms with van der Waals surface area (Å²) < 4.78 is 0. The van der Waals surface area contributed by atoms with Crippen LogP contribution in [-0.4, -0.2) is 0 Å². The molecule has 0 heterocycles. The Morgan fingerprint density at radius 3 is 1.17 bits per heavy atom. The van der Waals surface area contributed by atoms with Crippen LogP contribution in [0.3, 0.4) is 0 Å². The molecule has 0 aromatic rings. The van der Waals surface area contributed by atoms with Crippen LogP contribution in [0, 0.1) is 0 Å². The maximum atomic E-state index is 4.88. The van der Waals surface area contributed by atoms with Crippen LogP contribution in [0.5, 0.6) is 0 Å². The molecule has 0 unspecified atom stereocenters. The third kappa shape index (κ3) is 34.8. The Bertz CT molecular complexity index is 15.7. The van der Waals surface area contributed by atoms with E-state index in [1.54, 1.807) is 0 Å². The number of rotatable bonds is 0. The van der Waals surface area contributed by atoms with Crippen molar-refractivity contribution < 1.29 is 47.5 Å². The molecule has 0 fully saturated rings. The van der Waals surface area contributed by atoms with Gasteiger partial charge in [-0.1, -0.05) is 0 Å². The number of nitrogens with two attached hydrogens (primary N) is 2. The molecular formula is H5Cl2N2NaPt. The van der Waals surface area contributed by atoms with E-state index < -0.39 is 16.5 Å². The van der Waals surface area contributed by atoms with Gasteiger partial charge in [-0.25, -0.2) is 0 Å². The predicted molar refractivity (Wildman–Crippen MR) is 23.4 cm³/mol. The van der Waals surface area contributed by atoms with Gasteiger partial charge in [0.2, 0.25) is 0 Å². The van der Waals surface area contributed by atoms with Crippen molar-refractivity contribution in [1.82, 2.24) is 0 Å². The minimum atomic E-state index is -0.472. The summed E-state index contributed by atoms with van der Waals surface area (Å²) in [6.07, 6.45) is 0. The minimum Gasteiger partial charge on any atom is -1.00 e. The Morgan fingerprint density at radius 1 is 1.17 bits per heavy atom. The van der Waals surface area contributed by atoms with Crippen LogP contribution < -0.4 is 29.6 Å². The fourth-order valence-electron chi connectivity index (χ4n) is 0. The van der Waals surface area contributed by atoms with Crippen LogP contribution >= 0.6 is 18.8 Å². The number of hydrogen-bond acceptors (Lipinski definition) is 0. The van der Waals surface area contributed by atoms with E-state index in [-0.39, 0.29) is 43.3 Å². The third-order valence-electron chi connectivity index (χ3n) is 0. The van der Waals surface area contributed by atoms with Gasteiger partial charge < -0.3 is 13.7 Å². The third-order valence-corrected chi connectivity index (χ3v) is 0. The van der Waals surface area contributed by atoms with Crippen LogP contribution in [0.4, 0.5) is 0 Å². The molecule has 0 aliphatic rings. The first-order valence-electron chi connectivity index (χ1n) is 0.239. The molecule has 0 bridgehead atoms. The molecule has 0 atom stereocenters. The van der Waals surface area contributed by atoms with Crippen LogP contribution in [0.25, 0.3) is 12.3 Å². The molecule has 0 saturated carbocycles. The number of hydrogen-bond donors (Lipinski definition) is 0. The molecule has 6 heteroatoms. The second kappa shape index (κ2) is 27.1. The van der Waals surface area contributed by atoms with Crippen molar-refractivity contribution in [1.29, 1.82) is 0 Å². The maximum absolute atomic E-state index is 4.88. The van der Waals surface area contributed by atoms with Gasteiger partial charge in [0.25, 0.3) is 0 Å². The van der Waals surface area contributed by atoms with Crippen molar-refractivity contribution in [3.63, 3.8) is 0 Å². The van der Waals surface area contributed by atoms with Gasteiger partial charge in [-0.3, -0.25) is 0 Å². The van der Waals surface area contributed by atoms with Crippen molar-refractivity contribution in [2.24, 2.45) is 0 Å². The SMILES string of the molecule is [Cl][Pt+2][Cl].[H-].[NH2-].[NH2-].[Na+]. The quantitative estimate of drug-likeness (QED) is 0.560. The molecule has 4 N–H and O–H groups in total. The second-order valence-electron chi connectivity index (χ2n) is 0.0452. The van der Waals surface area contributed by atoms with E-state index in [2.05, 4.69) is 0 Å². The summed E-state index contributed by atoms with van der Waals surface area (Å²) in [5, 5.41) is 0. The summed E-state index contributed by atoms with van der Waals surface area (Å²) in [6, 6.07) is 0. The molecule has 0 saturated heterocycles. The summed E-state index contributed by atoms with van der Waals surface area (Å²) in [7, 11) is 9.75. The smallest absolute Gasteiger partial charge is 1.00 e. The summed E-state index contributed by atoms with van der Waals surface area (Å²) in [5.74, 6) is 0. The van der Waals surface area contributed by atoms with E-state index in [1.165, 1.54) is 0 Å². The normalized spacial score (nSPS) is 3.67. The predicted octanol–water partition coefficient (Wildman–Crippen LogP) is -0.0728. The molecule has 40 valence electrons. The molecule has 0 aliphatic heterocycles. The first-order chi connectivity index (χ1) is 1.41. The number of halogens is 2. The summed E-state index contributed by atoms with van der Waals surface area (Å²) in [4.78, 5) is 0. The van der Waals surface area contributed by atoms with Crippen molar-refractivity contribution in [2.75, 3.05) is 0 Å². The summed E-state index contributed by atoms with van der Waals surface area (Å²) in [6.45, 7) is 0. The Balaban J connectivity index is -0.00000000333.